The Labute approximate surface area is 160 Å². The molecule has 0 spiro atoms. The molecule has 5 nitrogen and oxygen atoms in total. The van der Waals surface area contributed by atoms with Crippen LogP contribution in [0.15, 0.2) is 52.6 Å². The Hall–Kier alpha value is -2.86. The summed E-state index contributed by atoms with van der Waals surface area (Å²) in [6.07, 6.45) is -0.0889. The highest BCUT2D eigenvalue weighted by Crippen LogP contribution is 2.30. The summed E-state index contributed by atoms with van der Waals surface area (Å²) in [5.74, 6) is -0.911. The van der Waals surface area contributed by atoms with Crippen LogP contribution in [0.5, 0.6) is 0 Å². The average Bonchev–Trinajstić information content (AvgIpc) is 3.15. The largest absolute Gasteiger partial charge is 0.481 e. The maximum Gasteiger partial charge on any atom is 0.329 e. The predicted molar refractivity (Wildman–Crippen MR) is 109 cm³/mol. The van der Waals surface area contributed by atoms with Crippen molar-refractivity contribution in [1.29, 1.82) is 0 Å². The van der Waals surface area contributed by atoms with Gasteiger partial charge in [0.1, 0.15) is 0 Å². The van der Waals surface area contributed by atoms with Crippen LogP contribution < -0.4 is 5.69 Å². The number of rotatable bonds is 5. The van der Waals surface area contributed by atoms with Crippen LogP contribution in [-0.2, 0) is 11.3 Å². The van der Waals surface area contributed by atoms with Crippen molar-refractivity contribution in [1.82, 2.24) is 9.13 Å². The van der Waals surface area contributed by atoms with Crippen LogP contribution in [0, 0.1) is 6.92 Å². The minimum atomic E-state index is -0.911. The van der Waals surface area contributed by atoms with Crippen molar-refractivity contribution >= 4 is 38.4 Å². The first-order chi connectivity index (χ1) is 13.0. The first kappa shape index (κ1) is 17.5. The fraction of sp³-hybridized carbons (Fsp3) is 0.238. The molecule has 0 saturated carbocycles. The zero-order chi connectivity index (χ0) is 19.1. The van der Waals surface area contributed by atoms with Crippen molar-refractivity contribution in [3.63, 3.8) is 0 Å². The molecule has 138 valence electrons. The maximum atomic E-state index is 13.2. The summed E-state index contributed by atoms with van der Waals surface area (Å²) in [4.78, 5) is 24.4. The molecule has 4 rings (SSSR count). The number of aliphatic carboxylic acids is 1. The van der Waals surface area contributed by atoms with Crippen molar-refractivity contribution < 1.29 is 9.90 Å². The normalized spacial score (nSPS) is 12.7. The Morgan fingerprint density at radius 1 is 1.15 bits per heavy atom. The number of carboxylic acid groups (broad SMARTS) is 1. The third-order valence-corrected chi connectivity index (χ3v) is 5.99. The molecule has 0 saturated heterocycles. The highest BCUT2D eigenvalue weighted by atomic mass is 32.1. The molecule has 0 aliphatic heterocycles. The van der Waals surface area contributed by atoms with Crippen LogP contribution in [0.3, 0.4) is 0 Å². The van der Waals surface area contributed by atoms with E-state index in [0.29, 0.717) is 6.54 Å². The number of imidazole rings is 1. The number of hydrogen-bond acceptors (Lipinski definition) is 3. The highest BCUT2D eigenvalue weighted by Gasteiger charge is 2.20. The zero-order valence-electron chi connectivity index (χ0n) is 15.2. The van der Waals surface area contributed by atoms with Gasteiger partial charge in [-0.3, -0.25) is 13.9 Å². The number of nitrogens with zero attached hydrogens (tertiary/aromatic N) is 2. The van der Waals surface area contributed by atoms with Crippen LogP contribution in [0.25, 0.3) is 21.1 Å². The molecule has 0 amide bonds. The lowest BCUT2D eigenvalue weighted by Crippen LogP contribution is -2.27. The number of para-hydroxylation sites is 2. The molecule has 0 fully saturated rings. The summed E-state index contributed by atoms with van der Waals surface area (Å²) in [6.45, 7) is 4.33. The van der Waals surface area contributed by atoms with E-state index in [-0.39, 0.29) is 12.1 Å². The van der Waals surface area contributed by atoms with Gasteiger partial charge in [0.2, 0.25) is 0 Å². The van der Waals surface area contributed by atoms with E-state index in [1.807, 2.05) is 30.3 Å². The standard InChI is InChI=1S/C21H20N2O3S/c1-13-6-5-9-18-20(13)15(12-27-18)11-22-16-7-3-4-8-17(16)23(21(22)26)14(2)10-19(24)25/h3-9,12,14H,10-11H2,1-2H3,(H,24,25). The van der Waals surface area contributed by atoms with E-state index < -0.39 is 12.0 Å². The number of thiophene rings is 1. The molecule has 1 N–H and O–H groups in total. The van der Waals surface area contributed by atoms with Crippen LogP contribution in [0.2, 0.25) is 0 Å². The van der Waals surface area contributed by atoms with Gasteiger partial charge in [-0.25, -0.2) is 4.79 Å². The fourth-order valence-corrected chi connectivity index (χ4v) is 4.81. The number of aryl methyl sites for hydroxylation is 1. The van der Waals surface area contributed by atoms with E-state index in [9.17, 15) is 9.59 Å². The van der Waals surface area contributed by atoms with Crippen molar-refractivity contribution in [3.05, 3.63) is 69.5 Å². The van der Waals surface area contributed by atoms with Gasteiger partial charge in [0, 0.05) is 16.1 Å². The fourth-order valence-electron chi connectivity index (χ4n) is 3.79. The van der Waals surface area contributed by atoms with Gasteiger partial charge in [-0.05, 0) is 48.6 Å². The molecule has 6 heteroatoms. The number of hydrogen-bond donors (Lipinski definition) is 1. The molecule has 1 unspecified atom stereocenters. The zero-order valence-corrected chi connectivity index (χ0v) is 16.0. The summed E-state index contributed by atoms with van der Waals surface area (Å²) in [6, 6.07) is 13.4. The molecular weight excluding hydrogens is 360 g/mol. The van der Waals surface area contributed by atoms with Crippen molar-refractivity contribution in [2.24, 2.45) is 0 Å². The molecule has 0 aliphatic carbocycles. The summed E-state index contributed by atoms with van der Waals surface area (Å²) in [5, 5.41) is 12.5. The van der Waals surface area contributed by atoms with Crippen molar-refractivity contribution in [2.75, 3.05) is 0 Å². The highest BCUT2D eigenvalue weighted by molar-refractivity contribution is 7.17. The van der Waals surface area contributed by atoms with Gasteiger partial charge in [-0.2, -0.15) is 0 Å². The Morgan fingerprint density at radius 2 is 1.89 bits per heavy atom. The van der Waals surface area contributed by atoms with Crippen LogP contribution >= 0.6 is 11.3 Å². The monoisotopic (exact) mass is 380 g/mol. The molecule has 1 atom stereocenters. The molecular formula is C21H20N2O3S. The number of aromatic nitrogens is 2. The van der Waals surface area contributed by atoms with E-state index in [4.69, 9.17) is 5.11 Å². The Kier molecular flexibility index (Phi) is 4.36. The van der Waals surface area contributed by atoms with E-state index >= 15 is 0 Å². The van der Waals surface area contributed by atoms with Crippen LogP contribution in [0.1, 0.15) is 30.5 Å². The smallest absolute Gasteiger partial charge is 0.329 e. The third-order valence-electron chi connectivity index (χ3n) is 4.99. The lowest BCUT2D eigenvalue weighted by atomic mass is 10.1. The summed E-state index contributed by atoms with van der Waals surface area (Å²) >= 11 is 1.68. The van der Waals surface area contributed by atoms with Gasteiger partial charge < -0.3 is 5.11 Å². The molecule has 4 aromatic rings. The first-order valence-corrected chi connectivity index (χ1v) is 9.72. The minimum Gasteiger partial charge on any atom is -0.481 e. The van der Waals surface area contributed by atoms with E-state index in [1.54, 1.807) is 27.4 Å². The van der Waals surface area contributed by atoms with Gasteiger partial charge in [-0.1, -0.05) is 24.3 Å². The second-order valence-corrected chi connectivity index (χ2v) is 7.79. The van der Waals surface area contributed by atoms with E-state index in [2.05, 4.69) is 24.4 Å². The quantitative estimate of drug-likeness (QED) is 0.558. The topological polar surface area (TPSA) is 64.2 Å². The lowest BCUT2D eigenvalue weighted by molar-refractivity contribution is -0.137. The van der Waals surface area contributed by atoms with Gasteiger partial charge >= 0.3 is 11.7 Å². The molecule has 0 aliphatic rings. The molecule has 2 heterocycles. The summed E-state index contributed by atoms with van der Waals surface area (Å²) < 4.78 is 4.56. The number of fused-ring (bicyclic) bond motifs is 2. The van der Waals surface area contributed by atoms with Gasteiger partial charge in [0.15, 0.2) is 0 Å². The first-order valence-electron chi connectivity index (χ1n) is 8.84. The van der Waals surface area contributed by atoms with Gasteiger partial charge in [-0.15, -0.1) is 11.3 Å². The van der Waals surface area contributed by atoms with E-state index in [0.717, 1.165) is 16.6 Å². The third kappa shape index (κ3) is 2.96. The maximum absolute atomic E-state index is 13.2. The molecule has 0 radical (unpaired) electrons. The average molecular weight is 380 g/mol. The minimum absolute atomic E-state index is 0.0889. The SMILES string of the molecule is Cc1cccc2scc(Cn3c(=O)n(C(C)CC(=O)O)c4ccccc43)c12. The second kappa shape index (κ2) is 6.70. The Morgan fingerprint density at radius 3 is 2.63 bits per heavy atom. The number of benzene rings is 2. The second-order valence-electron chi connectivity index (χ2n) is 6.88. The van der Waals surface area contributed by atoms with Crippen LogP contribution in [-0.4, -0.2) is 20.2 Å². The summed E-state index contributed by atoms with van der Waals surface area (Å²) in [5.41, 5.74) is 3.74. The molecule has 0 bridgehead atoms. The van der Waals surface area contributed by atoms with Crippen molar-refractivity contribution in [3.8, 4) is 0 Å². The van der Waals surface area contributed by atoms with Gasteiger partial charge in [0.05, 0.1) is 24.0 Å². The Balaban J connectivity index is 1.88. The van der Waals surface area contributed by atoms with Gasteiger partial charge in [0.25, 0.3) is 0 Å². The number of carbonyl (C=O) groups is 1. The summed E-state index contributed by atoms with van der Waals surface area (Å²) in [7, 11) is 0. The lowest BCUT2D eigenvalue weighted by Gasteiger charge is -2.10. The molecule has 2 aromatic heterocycles. The molecule has 27 heavy (non-hydrogen) atoms. The molecule has 2 aromatic carbocycles. The Bertz CT molecular complexity index is 1220. The van der Waals surface area contributed by atoms with E-state index in [1.165, 1.54) is 15.6 Å². The van der Waals surface area contributed by atoms with Crippen LogP contribution in [0.4, 0.5) is 0 Å². The predicted octanol–water partition coefficient (Wildman–Crippen LogP) is 4.41. The van der Waals surface area contributed by atoms with Crippen molar-refractivity contribution in [2.45, 2.75) is 32.9 Å². The number of carboxylic acids is 1.